The number of fused-ring (bicyclic) bond motifs is 2. The van der Waals surface area contributed by atoms with Crippen molar-refractivity contribution in [3.63, 3.8) is 0 Å². The van der Waals surface area contributed by atoms with Gasteiger partial charge in [0.05, 0.1) is 11.3 Å². The van der Waals surface area contributed by atoms with Gasteiger partial charge in [0.25, 0.3) is 5.91 Å². The van der Waals surface area contributed by atoms with Crippen molar-refractivity contribution in [1.82, 2.24) is 19.4 Å². The van der Waals surface area contributed by atoms with Gasteiger partial charge < -0.3 is 9.47 Å². The molecule has 1 aliphatic heterocycles. The molecule has 0 N–H and O–H groups in total. The number of hydrogen-bond donors (Lipinski definition) is 0. The van der Waals surface area contributed by atoms with Crippen LogP contribution in [0, 0.1) is 11.8 Å². The van der Waals surface area contributed by atoms with Gasteiger partial charge in [0.15, 0.2) is 5.65 Å². The summed E-state index contributed by atoms with van der Waals surface area (Å²) in [7, 11) is 1.96. The van der Waals surface area contributed by atoms with Crippen LogP contribution in [0.2, 0.25) is 0 Å². The van der Waals surface area contributed by atoms with E-state index in [1.54, 1.807) is 12.4 Å². The van der Waals surface area contributed by atoms with Gasteiger partial charge in [-0.2, -0.15) is 0 Å². The molecule has 2 aliphatic rings. The van der Waals surface area contributed by atoms with Gasteiger partial charge in [-0.05, 0) is 23.8 Å². The smallest absolute Gasteiger partial charge is 0.258 e. The Labute approximate surface area is 139 Å². The van der Waals surface area contributed by atoms with Crippen LogP contribution in [0.3, 0.4) is 0 Å². The fraction of sp³-hybridized carbons (Fsp3) is 0.316. The number of benzene rings is 1. The van der Waals surface area contributed by atoms with Crippen LogP contribution in [0.15, 0.2) is 42.7 Å². The lowest BCUT2D eigenvalue weighted by Crippen LogP contribution is -2.30. The second-order valence-corrected chi connectivity index (χ2v) is 6.84. The molecule has 1 amide bonds. The van der Waals surface area contributed by atoms with E-state index in [-0.39, 0.29) is 5.91 Å². The average Bonchev–Trinajstić information content (AvgIpc) is 3.11. The number of rotatable bonds is 2. The number of aromatic nitrogens is 3. The molecule has 2 aromatic heterocycles. The van der Waals surface area contributed by atoms with Crippen LogP contribution in [-0.2, 0) is 7.05 Å². The van der Waals surface area contributed by atoms with Crippen LogP contribution >= 0.6 is 0 Å². The molecule has 0 spiro atoms. The van der Waals surface area contributed by atoms with Crippen molar-refractivity contribution in [3.8, 4) is 11.3 Å². The Bertz CT molecular complexity index is 937. The van der Waals surface area contributed by atoms with E-state index in [1.165, 1.54) is 6.42 Å². The number of piperidine rings is 1. The Kier molecular flexibility index (Phi) is 2.80. The van der Waals surface area contributed by atoms with E-state index in [2.05, 4.69) is 9.97 Å². The normalized spacial score (nSPS) is 22.0. The molecule has 2 unspecified atom stereocenters. The summed E-state index contributed by atoms with van der Waals surface area (Å²) in [5, 5.41) is 0. The number of aryl methyl sites for hydroxylation is 1. The van der Waals surface area contributed by atoms with Gasteiger partial charge in [-0.15, -0.1) is 0 Å². The summed E-state index contributed by atoms with van der Waals surface area (Å²) in [6.07, 6.45) is 4.62. The lowest BCUT2D eigenvalue weighted by Gasteiger charge is -2.18. The van der Waals surface area contributed by atoms with Crippen molar-refractivity contribution in [2.24, 2.45) is 18.9 Å². The van der Waals surface area contributed by atoms with E-state index >= 15 is 0 Å². The molecule has 1 aromatic carbocycles. The van der Waals surface area contributed by atoms with Gasteiger partial charge in [0.1, 0.15) is 5.52 Å². The molecule has 2 atom stereocenters. The van der Waals surface area contributed by atoms with Gasteiger partial charge in [0.2, 0.25) is 0 Å². The van der Waals surface area contributed by atoms with Crippen LogP contribution < -0.4 is 0 Å². The van der Waals surface area contributed by atoms with Crippen molar-refractivity contribution in [3.05, 3.63) is 48.3 Å². The van der Waals surface area contributed by atoms with Crippen molar-refractivity contribution in [2.75, 3.05) is 13.1 Å². The summed E-state index contributed by atoms with van der Waals surface area (Å²) >= 11 is 0. The lowest BCUT2D eigenvalue weighted by atomic mass is 10.1. The van der Waals surface area contributed by atoms with Crippen LogP contribution in [0.25, 0.3) is 22.4 Å². The molecular weight excluding hydrogens is 300 g/mol. The Balaban J connectivity index is 1.72. The maximum absolute atomic E-state index is 13.3. The van der Waals surface area contributed by atoms with Crippen molar-refractivity contribution < 1.29 is 4.79 Å². The molecular formula is C19H18N4O. The molecule has 120 valence electrons. The Morgan fingerprint density at radius 1 is 1.08 bits per heavy atom. The first-order chi connectivity index (χ1) is 11.7. The van der Waals surface area contributed by atoms with Crippen LogP contribution in [0.5, 0.6) is 0 Å². The first kappa shape index (κ1) is 13.7. The second-order valence-electron chi connectivity index (χ2n) is 6.84. The highest BCUT2D eigenvalue weighted by Gasteiger charge is 2.47. The number of likely N-dealkylation sites (tertiary alicyclic amines) is 1. The molecule has 2 fully saturated rings. The molecule has 5 nitrogen and oxygen atoms in total. The first-order valence-corrected chi connectivity index (χ1v) is 8.38. The minimum Gasteiger partial charge on any atom is -0.338 e. The molecule has 24 heavy (non-hydrogen) atoms. The third-order valence-electron chi connectivity index (χ3n) is 5.33. The highest BCUT2D eigenvalue weighted by atomic mass is 16.2. The summed E-state index contributed by atoms with van der Waals surface area (Å²) in [4.78, 5) is 24.2. The highest BCUT2D eigenvalue weighted by Crippen LogP contribution is 2.46. The fourth-order valence-corrected chi connectivity index (χ4v) is 4.00. The number of hydrogen-bond acceptors (Lipinski definition) is 3. The van der Waals surface area contributed by atoms with Crippen LogP contribution in [-0.4, -0.2) is 38.4 Å². The van der Waals surface area contributed by atoms with Crippen molar-refractivity contribution in [1.29, 1.82) is 0 Å². The van der Waals surface area contributed by atoms with Gasteiger partial charge in [-0.1, -0.05) is 30.3 Å². The third-order valence-corrected chi connectivity index (χ3v) is 5.33. The summed E-state index contributed by atoms with van der Waals surface area (Å²) in [5.41, 5.74) is 4.07. The molecule has 3 heterocycles. The quantitative estimate of drug-likeness (QED) is 0.730. The van der Waals surface area contributed by atoms with Crippen molar-refractivity contribution in [2.45, 2.75) is 6.42 Å². The summed E-state index contributed by atoms with van der Waals surface area (Å²) in [6, 6.07) is 10.0. The summed E-state index contributed by atoms with van der Waals surface area (Å²) in [6.45, 7) is 1.77. The predicted molar refractivity (Wildman–Crippen MR) is 91.4 cm³/mol. The topological polar surface area (TPSA) is 51.0 Å². The minimum atomic E-state index is 0.0900. The number of carbonyl (C=O) groups excluding carboxylic acids is 1. The van der Waals surface area contributed by atoms with Crippen molar-refractivity contribution >= 4 is 17.1 Å². The Morgan fingerprint density at radius 2 is 1.79 bits per heavy atom. The van der Waals surface area contributed by atoms with E-state index < -0.39 is 0 Å². The zero-order valence-electron chi connectivity index (χ0n) is 13.5. The van der Waals surface area contributed by atoms with Gasteiger partial charge in [-0.3, -0.25) is 9.78 Å². The lowest BCUT2D eigenvalue weighted by molar-refractivity contribution is 0.0778. The molecule has 5 heteroatoms. The molecule has 5 rings (SSSR count). The first-order valence-electron chi connectivity index (χ1n) is 8.38. The van der Waals surface area contributed by atoms with Crippen LogP contribution in [0.4, 0.5) is 0 Å². The highest BCUT2D eigenvalue weighted by molar-refractivity contribution is 6.10. The van der Waals surface area contributed by atoms with E-state index in [0.29, 0.717) is 11.1 Å². The van der Waals surface area contributed by atoms with E-state index in [1.807, 2.05) is 46.8 Å². The van der Waals surface area contributed by atoms with E-state index in [4.69, 9.17) is 0 Å². The molecule has 0 radical (unpaired) electrons. The average molecular weight is 318 g/mol. The third kappa shape index (κ3) is 1.90. The standard InChI is InChI=1S/C19H18N4O/c1-22-17(12-5-3-2-4-6-12)15(16-18(22)21-8-7-20-16)19(24)23-10-13-9-14(13)11-23/h2-8,13-14H,9-11H2,1H3. The Morgan fingerprint density at radius 3 is 2.54 bits per heavy atom. The Hall–Kier alpha value is -2.69. The molecule has 1 saturated heterocycles. The maximum atomic E-state index is 13.3. The molecule has 0 bridgehead atoms. The van der Waals surface area contributed by atoms with Crippen LogP contribution in [0.1, 0.15) is 16.8 Å². The fourth-order valence-electron chi connectivity index (χ4n) is 4.00. The number of carbonyl (C=O) groups is 1. The minimum absolute atomic E-state index is 0.0900. The van der Waals surface area contributed by atoms with Gasteiger partial charge in [0, 0.05) is 32.5 Å². The van der Waals surface area contributed by atoms with E-state index in [0.717, 1.165) is 41.8 Å². The zero-order valence-corrected chi connectivity index (χ0v) is 13.5. The summed E-state index contributed by atoms with van der Waals surface area (Å²) in [5.74, 6) is 1.53. The molecule has 3 aromatic rings. The van der Waals surface area contributed by atoms with E-state index in [9.17, 15) is 4.79 Å². The second kappa shape index (κ2) is 4.90. The molecule has 1 saturated carbocycles. The maximum Gasteiger partial charge on any atom is 0.258 e. The zero-order chi connectivity index (χ0) is 16.3. The van der Waals surface area contributed by atoms with Gasteiger partial charge in [-0.25, -0.2) is 4.98 Å². The van der Waals surface area contributed by atoms with Gasteiger partial charge >= 0.3 is 0 Å². The predicted octanol–water partition coefficient (Wildman–Crippen LogP) is 2.73. The SMILES string of the molecule is Cn1c(-c2ccccc2)c(C(=O)N2CC3CC3C2)c2nccnc21. The summed E-state index contributed by atoms with van der Waals surface area (Å²) < 4.78 is 1.99. The molecule has 1 aliphatic carbocycles. The monoisotopic (exact) mass is 318 g/mol. The largest absolute Gasteiger partial charge is 0.338 e. The number of amides is 1. The number of nitrogens with zero attached hydrogens (tertiary/aromatic N) is 4.